The topological polar surface area (TPSA) is 58.4 Å². The summed E-state index contributed by atoms with van der Waals surface area (Å²) in [4.78, 5) is 18.5. The Labute approximate surface area is 127 Å². The van der Waals surface area contributed by atoms with E-state index in [0.29, 0.717) is 24.0 Å². The third-order valence-electron chi connectivity index (χ3n) is 3.52. The van der Waals surface area contributed by atoms with Gasteiger partial charge < -0.3 is 9.73 Å². The summed E-state index contributed by atoms with van der Waals surface area (Å²) in [5.74, 6) is 1.33. The van der Waals surface area contributed by atoms with Crippen LogP contribution in [0.15, 0.2) is 34.9 Å². The summed E-state index contributed by atoms with van der Waals surface area (Å²) < 4.78 is 5.52. The van der Waals surface area contributed by atoms with Gasteiger partial charge in [0.25, 0.3) is 0 Å². The van der Waals surface area contributed by atoms with E-state index >= 15 is 0 Å². The number of halogens is 1. The van der Waals surface area contributed by atoms with Gasteiger partial charge in [-0.25, -0.2) is 4.98 Å². The lowest BCUT2D eigenvalue weighted by Gasteiger charge is -2.34. The van der Waals surface area contributed by atoms with Crippen molar-refractivity contribution < 1.29 is 9.21 Å². The molecule has 1 saturated heterocycles. The lowest BCUT2D eigenvalue weighted by Crippen LogP contribution is -2.49. The van der Waals surface area contributed by atoms with Crippen molar-refractivity contribution in [2.24, 2.45) is 0 Å². The first-order chi connectivity index (χ1) is 10.1. The Bertz CT molecular complexity index is 656. The van der Waals surface area contributed by atoms with Gasteiger partial charge in [0.05, 0.1) is 12.7 Å². The lowest BCUT2D eigenvalue weighted by atomic mass is 10.0. The largest absolute Gasteiger partial charge is 0.445 e. The summed E-state index contributed by atoms with van der Waals surface area (Å²) in [7, 11) is 0. The van der Waals surface area contributed by atoms with Crippen LogP contribution in [0.4, 0.5) is 0 Å². The second kappa shape index (κ2) is 5.87. The number of aromatic nitrogens is 1. The predicted octanol–water partition coefficient (Wildman–Crippen LogP) is 2.31. The van der Waals surface area contributed by atoms with Crippen LogP contribution in [0, 0.1) is 6.92 Å². The Balaban J connectivity index is 1.90. The molecule has 1 amide bonds. The number of amides is 1. The number of nitrogens with one attached hydrogen (secondary N) is 1. The average Bonchev–Trinajstić information content (AvgIpc) is 2.86. The maximum atomic E-state index is 12.3. The fourth-order valence-corrected chi connectivity index (χ4v) is 2.81. The molecule has 1 N–H and O–H groups in total. The van der Waals surface area contributed by atoms with E-state index in [1.807, 2.05) is 30.0 Å². The van der Waals surface area contributed by atoms with Crippen molar-refractivity contribution in [1.82, 2.24) is 15.2 Å². The van der Waals surface area contributed by atoms with Crippen LogP contribution >= 0.6 is 11.6 Å². The van der Waals surface area contributed by atoms with Gasteiger partial charge in [0.2, 0.25) is 11.8 Å². The van der Waals surface area contributed by atoms with Gasteiger partial charge in [0.1, 0.15) is 11.8 Å². The van der Waals surface area contributed by atoms with Crippen LogP contribution in [0.3, 0.4) is 0 Å². The van der Waals surface area contributed by atoms with Crippen LogP contribution in [0.1, 0.15) is 23.3 Å². The number of carbonyl (C=O) groups is 1. The van der Waals surface area contributed by atoms with E-state index in [0.717, 1.165) is 17.9 Å². The second-order valence-corrected chi connectivity index (χ2v) is 5.46. The molecule has 6 heteroatoms. The number of nitrogens with zero attached hydrogens (tertiary/aromatic N) is 2. The van der Waals surface area contributed by atoms with Gasteiger partial charge in [0.15, 0.2) is 0 Å². The monoisotopic (exact) mass is 305 g/mol. The predicted molar refractivity (Wildman–Crippen MR) is 78.9 cm³/mol. The Hall–Kier alpha value is -1.85. The molecule has 110 valence electrons. The summed E-state index contributed by atoms with van der Waals surface area (Å²) in [5.41, 5.74) is 0.805. The molecule has 5 nitrogen and oxygen atoms in total. The van der Waals surface area contributed by atoms with Gasteiger partial charge in [-0.1, -0.05) is 29.8 Å². The van der Waals surface area contributed by atoms with Crippen LogP contribution in [0.5, 0.6) is 0 Å². The molecule has 21 heavy (non-hydrogen) atoms. The standard InChI is InChI=1S/C15H16ClN3O2/c1-10-8-18-13(21-10)9-19-7-6-17-15(20)14(19)11-4-2-3-5-12(11)16/h2-5,8,14H,6-7,9H2,1H3,(H,17,20)/t14-/m0/s1. The molecule has 2 aromatic rings. The van der Waals surface area contributed by atoms with Crippen molar-refractivity contribution in [3.8, 4) is 0 Å². The number of carbonyl (C=O) groups excluding carboxylic acids is 1. The molecule has 1 aromatic heterocycles. The molecular weight excluding hydrogens is 290 g/mol. The maximum Gasteiger partial charge on any atom is 0.242 e. The number of hydrogen-bond donors (Lipinski definition) is 1. The molecule has 0 spiro atoms. The second-order valence-electron chi connectivity index (χ2n) is 5.05. The van der Waals surface area contributed by atoms with Crippen molar-refractivity contribution >= 4 is 17.5 Å². The molecule has 1 fully saturated rings. The molecule has 0 unspecified atom stereocenters. The number of benzene rings is 1. The van der Waals surface area contributed by atoms with E-state index in [1.54, 1.807) is 12.3 Å². The first-order valence-electron chi connectivity index (χ1n) is 6.82. The Kier molecular flexibility index (Phi) is 3.94. The number of hydrogen-bond acceptors (Lipinski definition) is 4. The van der Waals surface area contributed by atoms with Gasteiger partial charge in [-0.2, -0.15) is 0 Å². The molecule has 1 aliphatic rings. The highest BCUT2D eigenvalue weighted by Crippen LogP contribution is 2.30. The lowest BCUT2D eigenvalue weighted by molar-refractivity contribution is -0.129. The van der Waals surface area contributed by atoms with Crippen molar-refractivity contribution in [1.29, 1.82) is 0 Å². The van der Waals surface area contributed by atoms with E-state index in [1.165, 1.54) is 0 Å². The molecule has 3 rings (SSSR count). The SMILES string of the molecule is Cc1cnc(CN2CCNC(=O)[C@@H]2c2ccccc2Cl)o1. The molecule has 1 aliphatic heterocycles. The fraction of sp³-hybridized carbons (Fsp3) is 0.333. The van der Waals surface area contributed by atoms with Gasteiger partial charge >= 0.3 is 0 Å². The molecule has 2 heterocycles. The van der Waals surface area contributed by atoms with E-state index in [9.17, 15) is 4.79 Å². The molecule has 0 saturated carbocycles. The third kappa shape index (κ3) is 2.94. The smallest absolute Gasteiger partial charge is 0.242 e. The minimum atomic E-state index is -0.417. The molecule has 0 radical (unpaired) electrons. The van der Waals surface area contributed by atoms with Crippen LogP contribution in [0.25, 0.3) is 0 Å². The van der Waals surface area contributed by atoms with Crippen molar-refractivity contribution in [3.63, 3.8) is 0 Å². The Morgan fingerprint density at radius 1 is 1.48 bits per heavy atom. The zero-order valence-corrected chi connectivity index (χ0v) is 12.4. The average molecular weight is 306 g/mol. The zero-order chi connectivity index (χ0) is 14.8. The molecular formula is C15H16ClN3O2. The van der Waals surface area contributed by atoms with Gasteiger partial charge in [-0.15, -0.1) is 0 Å². The van der Waals surface area contributed by atoms with Gasteiger partial charge in [-0.05, 0) is 18.6 Å². The normalized spacial score (nSPS) is 19.5. The first kappa shape index (κ1) is 14.1. The highest BCUT2D eigenvalue weighted by molar-refractivity contribution is 6.31. The van der Waals surface area contributed by atoms with Crippen LogP contribution < -0.4 is 5.32 Å². The minimum Gasteiger partial charge on any atom is -0.445 e. The molecule has 0 bridgehead atoms. The molecule has 1 aromatic carbocycles. The summed E-state index contributed by atoms with van der Waals surface area (Å²) in [6.07, 6.45) is 1.68. The van der Waals surface area contributed by atoms with Gasteiger partial charge in [0, 0.05) is 18.1 Å². The zero-order valence-electron chi connectivity index (χ0n) is 11.7. The third-order valence-corrected chi connectivity index (χ3v) is 3.86. The van der Waals surface area contributed by atoms with Crippen LogP contribution in [-0.4, -0.2) is 28.9 Å². The van der Waals surface area contributed by atoms with Crippen molar-refractivity contribution in [2.45, 2.75) is 19.5 Å². The Morgan fingerprint density at radius 3 is 3.00 bits per heavy atom. The van der Waals surface area contributed by atoms with E-state index in [-0.39, 0.29) is 5.91 Å². The first-order valence-corrected chi connectivity index (χ1v) is 7.20. The van der Waals surface area contributed by atoms with Crippen LogP contribution in [0.2, 0.25) is 5.02 Å². The molecule has 1 atom stereocenters. The van der Waals surface area contributed by atoms with E-state index in [4.69, 9.17) is 16.0 Å². The summed E-state index contributed by atoms with van der Waals surface area (Å²) in [5, 5.41) is 3.48. The highest BCUT2D eigenvalue weighted by atomic mass is 35.5. The summed E-state index contributed by atoms with van der Waals surface area (Å²) in [6, 6.07) is 7.00. The van der Waals surface area contributed by atoms with Gasteiger partial charge in [-0.3, -0.25) is 9.69 Å². The number of oxazole rings is 1. The highest BCUT2D eigenvalue weighted by Gasteiger charge is 2.33. The summed E-state index contributed by atoms with van der Waals surface area (Å²) >= 11 is 6.25. The van der Waals surface area contributed by atoms with Crippen molar-refractivity contribution in [3.05, 3.63) is 52.7 Å². The number of rotatable bonds is 3. The fourth-order valence-electron chi connectivity index (χ4n) is 2.57. The Morgan fingerprint density at radius 2 is 2.29 bits per heavy atom. The van der Waals surface area contributed by atoms with E-state index in [2.05, 4.69) is 10.3 Å². The van der Waals surface area contributed by atoms with Crippen LogP contribution in [-0.2, 0) is 11.3 Å². The quantitative estimate of drug-likeness (QED) is 0.945. The van der Waals surface area contributed by atoms with Crippen molar-refractivity contribution in [2.75, 3.05) is 13.1 Å². The maximum absolute atomic E-state index is 12.3. The number of aryl methyl sites for hydroxylation is 1. The van der Waals surface area contributed by atoms with E-state index < -0.39 is 6.04 Å². The minimum absolute atomic E-state index is 0.0439. The number of piperazine rings is 1. The molecule has 0 aliphatic carbocycles. The summed E-state index contributed by atoms with van der Waals surface area (Å²) in [6.45, 7) is 3.67.